The van der Waals surface area contributed by atoms with Gasteiger partial charge in [-0.2, -0.15) is 26.3 Å². The number of aromatic nitrogens is 2. The van der Waals surface area contributed by atoms with Gasteiger partial charge in [-0.1, -0.05) is 0 Å². The molecule has 158 valence electrons. The summed E-state index contributed by atoms with van der Waals surface area (Å²) in [4.78, 5) is 15.6. The Kier molecular flexibility index (Phi) is 7.92. The number of ether oxygens (including phenoxy) is 2. The van der Waals surface area contributed by atoms with Crippen LogP contribution in [0, 0.1) is 0 Å². The molecule has 2 aromatic rings. The topological polar surface area (TPSA) is 65.4 Å². The van der Waals surface area contributed by atoms with E-state index < -0.39 is 37.2 Å². The Morgan fingerprint density at radius 1 is 1.14 bits per heavy atom. The van der Waals surface area contributed by atoms with Gasteiger partial charge in [-0.15, -0.1) is 0 Å². The molecule has 29 heavy (non-hydrogen) atoms. The van der Waals surface area contributed by atoms with Crippen molar-refractivity contribution in [1.29, 1.82) is 0 Å². The number of imidazole rings is 1. The second-order valence-electron chi connectivity index (χ2n) is 5.36. The highest BCUT2D eigenvalue weighted by molar-refractivity contribution is 5.92. The zero-order valence-electron chi connectivity index (χ0n) is 14.6. The number of nitrogens with one attached hydrogen (secondary N) is 1. The molecular weight excluding hydrogens is 408 g/mol. The molecule has 0 fully saturated rings. The highest BCUT2D eigenvalue weighted by Gasteiger charge is 2.13. The summed E-state index contributed by atoms with van der Waals surface area (Å²) in [5, 5.41) is 2.42. The monoisotopic (exact) mass is 423 g/mol. The average Bonchev–Trinajstić information content (AvgIpc) is 3.09. The van der Waals surface area contributed by atoms with E-state index in [-0.39, 0.29) is 24.4 Å². The molecule has 0 spiro atoms. The van der Waals surface area contributed by atoms with Gasteiger partial charge in [-0.3, -0.25) is 9.36 Å². The zero-order valence-corrected chi connectivity index (χ0v) is 14.6. The number of carbonyl (C=O) groups is 1. The quantitative estimate of drug-likeness (QED) is 0.466. The Hall–Kier alpha value is -3.18. The van der Waals surface area contributed by atoms with E-state index in [0.29, 0.717) is 4.57 Å². The lowest BCUT2D eigenvalue weighted by atomic mass is 10.1. The van der Waals surface area contributed by atoms with Gasteiger partial charge in [-0.25, -0.2) is 4.98 Å². The van der Waals surface area contributed by atoms with Crippen molar-refractivity contribution < 1.29 is 40.6 Å². The third kappa shape index (κ3) is 7.05. The minimum Gasteiger partial charge on any atom is -0.435 e. The zero-order chi connectivity index (χ0) is 21.4. The van der Waals surface area contributed by atoms with Crippen molar-refractivity contribution in [2.75, 3.05) is 6.54 Å². The van der Waals surface area contributed by atoms with E-state index in [0.717, 1.165) is 36.5 Å². The summed E-state index contributed by atoms with van der Waals surface area (Å²) in [6.07, 6.45) is 4.46. The lowest BCUT2D eigenvalue weighted by molar-refractivity contribution is -0.116. The number of nitrogens with zero attached hydrogens (tertiary/aromatic N) is 2. The predicted octanol–water partition coefficient (Wildman–Crippen LogP) is 3.85. The normalized spacial score (nSPS) is 11.6. The number of carbonyl (C=O) groups excluding carboxylic acids is 1. The summed E-state index contributed by atoms with van der Waals surface area (Å²) >= 11 is 0. The van der Waals surface area contributed by atoms with Crippen molar-refractivity contribution in [3.8, 4) is 11.5 Å². The maximum absolute atomic E-state index is 12.7. The van der Waals surface area contributed by atoms with Crippen molar-refractivity contribution in [1.82, 2.24) is 14.9 Å². The summed E-state index contributed by atoms with van der Waals surface area (Å²) in [6.45, 7) is -9.14. The van der Waals surface area contributed by atoms with E-state index in [1.807, 2.05) is 0 Å². The van der Waals surface area contributed by atoms with Crippen LogP contribution in [0.4, 0.5) is 26.3 Å². The van der Waals surface area contributed by atoms with Gasteiger partial charge in [0.2, 0.25) is 5.91 Å². The van der Waals surface area contributed by atoms with E-state index in [9.17, 15) is 31.1 Å². The lowest BCUT2D eigenvalue weighted by Crippen LogP contribution is -2.24. The standard InChI is InChI=1S/C17H15F6N3O3/c18-15(19)26-8-7-24-13(26)5-6-25-14(27)4-2-10-1-3-11(28-16(20)21)9-12(10)29-17(22)23/h1-4,7-9,15-17H,5-6H2,(H,25,27)/b4-2+. The molecule has 0 aliphatic rings. The molecule has 0 radical (unpaired) electrons. The van der Waals surface area contributed by atoms with Crippen LogP contribution in [-0.4, -0.2) is 35.2 Å². The highest BCUT2D eigenvalue weighted by Crippen LogP contribution is 2.28. The van der Waals surface area contributed by atoms with E-state index in [1.165, 1.54) is 6.20 Å². The number of rotatable bonds is 10. The number of hydrogen-bond acceptors (Lipinski definition) is 4. The van der Waals surface area contributed by atoms with Crippen LogP contribution in [0.15, 0.2) is 36.7 Å². The summed E-state index contributed by atoms with van der Waals surface area (Å²) in [7, 11) is 0. The highest BCUT2D eigenvalue weighted by atomic mass is 19.3. The Balaban J connectivity index is 1.98. The molecule has 0 bridgehead atoms. The molecule has 1 N–H and O–H groups in total. The summed E-state index contributed by atoms with van der Waals surface area (Å²) < 4.78 is 83.9. The third-order valence-electron chi connectivity index (χ3n) is 3.45. The number of halogens is 6. The van der Waals surface area contributed by atoms with Gasteiger partial charge in [-0.05, 0) is 18.2 Å². The fraction of sp³-hybridized carbons (Fsp3) is 0.294. The first-order chi connectivity index (χ1) is 13.8. The number of benzene rings is 1. The molecule has 1 aromatic heterocycles. The van der Waals surface area contributed by atoms with Crippen LogP contribution in [0.1, 0.15) is 17.9 Å². The largest absolute Gasteiger partial charge is 0.435 e. The molecule has 1 aromatic carbocycles. The van der Waals surface area contributed by atoms with Gasteiger partial charge in [0.25, 0.3) is 0 Å². The molecule has 1 amide bonds. The first kappa shape index (κ1) is 22.1. The van der Waals surface area contributed by atoms with Gasteiger partial charge < -0.3 is 14.8 Å². The van der Waals surface area contributed by atoms with E-state index >= 15 is 0 Å². The lowest BCUT2D eigenvalue weighted by Gasteiger charge is -2.11. The minimum atomic E-state index is -3.23. The number of hydrogen-bond donors (Lipinski definition) is 1. The fourth-order valence-electron chi connectivity index (χ4n) is 2.26. The van der Waals surface area contributed by atoms with Crippen molar-refractivity contribution in [2.24, 2.45) is 0 Å². The van der Waals surface area contributed by atoms with Gasteiger partial charge >= 0.3 is 19.8 Å². The van der Waals surface area contributed by atoms with Crippen LogP contribution in [0.5, 0.6) is 11.5 Å². The molecule has 0 aliphatic heterocycles. The molecular formula is C17H15F6N3O3. The molecule has 2 rings (SSSR count). The molecule has 0 saturated heterocycles. The van der Waals surface area contributed by atoms with E-state index in [4.69, 9.17) is 0 Å². The molecule has 0 saturated carbocycles. The number of alkyl halides is 6. The summed E-state index contributed by atoms with van der Waals surface area (Å²) in [5.41, 5.74) is 0.00955. The molecule has 6 nitrogen and oxygen atoms in total. The minimum absolute atomic E-state index is 0.00549. The Morgan fingerprint density at radius 3 is 2.52 bits per heavy atom. The average molecular weight is 423 g/mol. The SMILES string of the molecule is O=C(/C=C/c1ccc(OC(F)F)cc1OC(F)F)NCCc1nccn1C(F)F. The fourth-order valence-corrected chi connectivity index (χ4v) is 2.26. The van der Waals surface area contributed by atoms with Crippen LogP contribution >= 0.6 is 0 Å². The van der Waals surface area contributed by atoms with Crippen LogP contribution in [0.2, 0.25) is 0 Å². The van der Waals surface area contributed by atoms with Crippen molar-refractivity contribution in [3.05, 3.63) is 48.1 Å². The van der Waals surface area contributed by atoms with Crippen molar-refractivity contribution >= 4 is 12.0 Å². The first-order valence-corrected chi connectivity index (χ1v) is 8.05. The molecule has 12 heteroatoms. The van der Waals surface area contributed by atoms with Gasteiger partial charge in [0.1, 0.15) is 17.3 Å². The van der Waals surface area contributed by atoms with Gasteiger partial charge in [0, 0.05) is 43.1 Å². The maximum atomic E-state index is 12.7. The van der Waals surface area contributed by atoms with Crippen molar-refractivity contribution in [3.63, 3.8) is 0 Å². The van der Waals surface area contributed by atoms with Crippen LogP contribution in [0.3, 0.4) is 0 Å². The first-order valence-electron chi connectivity index (χ1n) is 8.05. The van der Waals surface area contributed by atoms with Crippen LogP contribution < -0.4 is 14.8 Å². The Morgan fingerprint density at radius 2 is 1.86 bits per heavy atom. The smallest absolute Gasteiger partial charge is 0.387 e. The molecule has 0 aliphatic carbocycles. The molecule has 0 atom stereocenters. The maximum Gasteiger partial charge on any atom is 0.387 e. The van der Waals surface area contributed by atoms with Gasteiger partial charge in [0.15, 0.2) is 0 Å². The summed E-state index contributed by atoms with van der Waals surface area (Å²) in [5.74, 6) is -1.43. The van der Waals surface area contributed by atoms with E-state index in [2.05, 4.69) is 19.8 Å². The van der Waals surface area contributed by atoms with Crippen LogP contribution in [0.25, 0.3) is 6.08 Å². The second-order valence-corrected chi connectivity index (χ2v) is 5.36. The van der Waals surface area contributed by atoms with E-state index in [1.54, 1.807) is 0 Å². The van der Waals surface area contributed by atoms with Crippen molar-refractivity contribution in [2.45, 2.75) is 26.2 Å². The third-order valence-corrected chi connectivity index (χ3v) is 3.45. The molecule has 1 heterocycles. The number of amides is 1. The second kappa shape index (κ2) is 10.4. The van der Waals surface area contributed by atoms with Crippen LogP contribution in [-0.2, 0) is 11.2 Å². The predicted molar refractivity (Wildman–Crippen MR) is 88.9 cm³/mol. The Bertz CT molecular complexity index is 842. The summed E-state index contributed by atoms with van der Waals surface area (Å²) in [6, 6.07) is 3.07. The Labute approximate surface area is 160 Å². The van der Waals surface area contributed by atoms with Gasteiger partial charge in [0.05, 0.1) is 0 Å². The molecule has 0 unspecified atom stereocenters.